The molecule has 0 fully saturated rings. The van der Waals surface area contributed by atoms with Crippen molar-refractivity contribution in [2.45, 2.75) is 20.8 Å². The number of nitriles is 2. The molecule has 0 aromatic carbocycles. The van der Waals surface area contributed by atoms with Gasteiger partial charge in [-0.25, -0.2) is 0 Å². The minimum atomic E-state index is 0.171. The minimum absolute atomic E-state index is 0.171. The van der Waals surface area contributed by atoms with Crippen LogP contribution in [0.15, 0.2) is 34.7 Å². The van der Waals surface area contributed by atoms with E-state index in [0.29, 0.717) is 5.57 Å². The number of hydrogen-bond acceptors (Lipinski definition) is 3. The zero-order valence-corrected chi connectivity index (χ0v) is 9.20. The Balaban J connectivity index is 3.23. The van der Waals surface area contributed by atoms with E-state index in [2.05, 4.69) is 11.8 Å². The van der Waals surface area contributed by atoms with Crippen LogP contribution in [0.3, 0.4) is 0 Å². The number of allylic oxidation sites excluding steroid dienone is 6. The predicted octanol–water partition coefficient (Wildman–Crippen LogP) is 2.47. The molecule has 0 N–H and O–H groups in total. The van der Waals surface area contributed by atoms with E-state index in [9.17, 15) is 0 Å². The molecule has 15 heavy (non-hydrogen) atoms. The topological polar surface area (TPSA) is 50.8 Å². The van der Waals surface area contributed by atoms with Crippen LogP contribution >= 0.6 is 0 Å². The Morgan fingerprint density at radius 2 is 1.67 bits per heavy atom. The Morgan fingerprint density at radius 3 is 2.00 bits per heavy atom. The molecule has 0 bridgehead atoms. The first-order valence-electron chi connectivity index (χ1n) is 4.82. The van der Waals surface area contributed by atoms with E-state index in [4.69, 9.17) is 10.5 Å². The quantitative estimate of drug-likeness (QED) is 0.609. The molecule has 0 unspecified atom stereocenters. The highest BCUT2D eigenvalue weighted by molar-refractivity contribution is 5.53. The lowest BCUT2D eigenvalue weighted by Gasteiger charge is -2.28. The summed E-state index contributed by atoms with van der Waals surface area (Å²) in [6.07, 6.45) is 3.75. The van der Waals surface area contributed by atoms with Crippen molar-refractivity contribution in [2.75, 3.05) is 6.54 Å². The maximum Gasteiger partial charge on any atom is 0.137 e. The highest BCUT2D eigenvalue weighted by Gasteiger charge is 2.13. The summed E-state index contributed by atoms with van der Waals surface area (Å²) in [5.41, 5.74) is 3.01. The fourth-order valence-electron chi connectivity index (χ4n) is 1.72. The van der Waals surface area contributed by atoms with Crippen LogP contribution in [0.4, 0.5) is 0 Å². The van der Waals surface area contributed by atoms with Gasteiger partial charge in [-0.15, -0.1) is 0 Å². The Hall–Kier alpha value is -2.00. The lowest BCUT2D eigenvalue weighted by molar-refractivity contribution is 0.447. The van der Waals surface area contributed by atoms with Crippen molar-refractivity contribution < 1.29 is 0 Å². The van der Waals surface area contributed by atoms with Crippen LogP contribution in [0, 0.1) is 22.7 Å². The van der Waals surface area contributed by atoms with Crippen molar-refractivity contribution in [3.8, 4) is 12.1 Å². The summed E-state index contributed by atoms with van der Waals surface area (Å²) < 4.78 is 0. The molecule has 0 amide bonds. The normalized spacial score (nSPS) is 15.0. The third kappa shape index (κ3) is 2.08. The van der Waals surface area contributed by atoms with Crippen LogP contribution in [0.5, 0.6) is 0 Å². The van der Waals surface area contributed by atoms with E-state index >= 15 is 0 Å². The fourth-order valence-corrected chi connectivity index (χ4v) is 1.72. The Morgan fingerprint density at radius 1 is 1.20 bits per heavy atom. The summed E-state index contributed by atoms with van der Waals surface area (Å²) in [7, 11) is 0. The Kier molecular flexibility index (Phi) is 3.31. The van der Waals surface area contributed by atoms with Crippen molar-refractivity contribution in [3.63, 3.8) is 0 Å². The molecular formula is C12H13N3. The first kappa shape index (κ1) is 11.1. The largest absolute Gasteiger partial charge is 0.349 e. The van der Waals surface area contributed by atoms with Gasteiger partial charge in [-0.3, -0.25) is 0 Å². The zero-order chi connectivity index (χ0) is 11.4. The molecule has 1 aliphatic heterocycles. The van der Waals surface area contributed by atoms with E-state index in [1.807, 2.05) is 38.1 Å². The summed E-state index contributed by atoms with van der Waals surface area (Å²) in [5, 5.41) is 17.5. The van der Waals surface area contributed by atoms with E-state index in [-0.39, 0.29) is 5.57 Å². The van der Waals surface area contributed by atoms with Gasteiger partial charge in [-0.05, 0) is 32.9 Å². The van der Waals surface area contributed by atoms with E-state index in [0.717, 1.165) is 17.9 Å². The first-order chi connectivity index (χ1) is 7.13. The summed E-state index contributed by atoms with van der Waals surface area (Å²) in [6.45, 7) is 6.92. The van der Waals surface area contributed by atoms with Crippen LogP contribution in [0.2, 0.25) is 0 Å². The molecule has 3 nitrogen and oxygen atoms in total. The molecule has 0 saturated carbocycles. The number of rotatable bonds is 1. The average molecular weight is 199 g/mol. The molecule has 3 heteroatoms. The molecule has 76 valence electrons. The van der Waals surface area contributed by atoms with Gasteiger partial charge in [0, 0.05) is 23.5 Å². The number of nitrogens with zero attached hydrogens (tertiary/aromatic N) is 3. The first-order valence-corrected chi connectivity index (χ1v) is 4.82. The Labute approximate surface area is 90.2 Å². The van der Waals surface area contributed by atoms with Crippen molar-refractivity contribution >= 4 is 0 Å². The van der Waals surface area contributed by atoms with Gasteiger partial charge in [-0.2, -0.15) is 10.5 Å². The smallest absolute Gasteiger partial charge is 0.137 e. The molecule has 0 radical (unpaired) electrons. The SMILES string of the molecule is CCN1C(C)=CC(=C(C#N)C#N)C=C1C. The molecule has 0 saturated heterocycles. The summed E-state index contributed by atoms with van der Waals surface area (Å²) in [4.78, 5) is 2.13. The van der Waals surface area contributed by atoms with Crippen molar-refractivity contribution in [3.05, 3.63) is 34.7 Å². The fraction of sp³-hybridized carbons (Fsp3) is 0.333. The summed E-state index contributed by atoms with van der Waals surface area (Å²) in [6, 6.07) is 3.81. The molecule has 1 rings (SSSR count). The van der Waals surface area contributed by atoms with Crippen LogP contribution in [-0.4, -0.2) is 11.4 Å². The van der Waals surface area contributed by atoms with Gasteiger partial charge in [0.15, 0.2) is 0 Å². The highest BCUT2D eigenvalue weighted by atomic mass is 15.1. The minimum Gasteiger partial charge on any atom is -0.349 e. The van der Waals surface area contributed by atoms with Gasteiger partial charge in [-0.1, -0.05) is 0 Å². The second-order valence-electron chi connectivity index (χ2n) is 3.37. The lowest BCUT2D eigenvalue weighted by atomic mass is 10.0. The molecule has 1 heterocycles. The van der Waals surface area contributed by atoms with Crippen LogP contribution in [-0.2, 0) is 0 Å². The molecule has 0 spiro atoms. The monoisotopic (exact) mass is 199 g/mol. The highest BCUT2D eigenvalue weighted by Crippen LogP contribution is 2.23. The maximum atomic E-state index is 8.77. The molecule has 0 aliphatic carbocycles. The molecular weight excluding hydrogens is 186 g/mol. The van der Waals surface area contributed by atoms with Gasteiger partial charge in [0.25, 0.3) is 0 Å². The van der Waals surface area contributed by atoms with Crippen molar-refractivity contribution in [2.24, 2.45) is 0 Å². The third-order valence-electron chi connectivity index (χ3n) is 2.41. The lowest BCUT2D eigenvalue weighted by Crippen LogP contribution is -2.21. The van der Waals surface area contributed by atoms with Crippen LogP contribution in [0.25, 0.3) is 0 Å². The van der Waals surface area contributed by atoms with Crippen LogP contribution in [0.1, 0.15) is 20.8 Å². The zero-order valence-electron chi connectivity index (χ0n) is 9.20. The molecule has 0 aromatic heterocycles. The summed E-state index contributed by atoms with van der Waals surface area (Å²) >= 11 is 0. The van der Waals surface area contributed by atoms with Crippen LogP contribution < -0.4 is 0 Å². The van der Waals surface area contributed by atoms with Gasteiger partial charge in [0.1, 0.15) is 17.7 Å². The maximum absolute atomic E-state index is 8.77. The third-order valence-corrected chi connectivity index (χ3v) is 2.41. The van der Waals surface area contributed by atoms with Gasteiger partial charge in [0.2, 0.25) is 0 Å². The average Bonchev–Trinajstić information content (AvgIpc) is 2.19. The second-order valence-corrected chi connectivity index (χ2v) is 3.37. The van der Waals surface area contributed by atoms with Crippen molar-refractivity contribution in [1.82, 2.24) is 4.90 Å². The molecule has 0 aromatic rings. The number of hydrogen-bond donors (Lipinski definition) is 0. The van der Waals surface area contributed by atoms with Gasteiger partial charge in [0.05, 0.1) is 0 Å². The van der Waals surface area contributed by atoms with Gasteiger partial charge >= 0.3 is 0 Å². The predicted molar refractivity (Wildman–Crippen MR) is 58.1 cm³/mol. The van der Waals surface area contributed by atoms with E-state index in [1.165, 1.54) is 0 Å². The van der Waals surface area contributed by atoms with E-state index < -0.39 is 0 Å². The van der Waals surface area contributed by atoms with Crippen molar-refractivity contribution in [1.29, 1.82) is 10.5 Å². The van der Waals surface area contributed by atoms with Gasteiger partial charge < -0.3 is 4.90 Å². The van der Waals surface area contributed by atoms with E-state index in [1.54, 1.807) is 0 Å². The standard InChI is InChI=1S/C12H13N3/c1-4-15-9(2)5-11(6-10(15)3)12(7-13)8-14/h5-6H,4H2,1-3H3. The second kappa shape index (κ2) is 4.48. The Bertz CT molecular complexity index is 400. The molecule has 0 atom stereocenters. The molecule has 1 aliphatic rings. The summed E-state index contributed by atoms with van der Waals surface area (Å²) in [5.74, 6) is 0.